The molecule has 19 heavy (non-hydrogen) atoms. The summed E-state index contributed by atoms with van der Waals surface area (Å²) in [6.07, 6.45) is 8.09. The van der Waals surface area contributed by atoms with Gasteiger partial charge in [0.05, 0.1) is 0 Å². The van der Waals surface area contributed by atoms with E-state index >= 15 is 0 Å². The molecule has 2 aliphatic rings. The first-order valence-corrected chi connectivity index (χ1v) is 7.97. The van der Waals surface area contributed by atoms with Crippen molar-refractivity contribution in [2.75, 3.05) is 0 Å². The van der Waals surface area contributed by atoms with Gasteiger partial charge in [-0.05, 0) is 72.0 Å². The molecule has 2 aliphatic carbocycles. The van der Waals surface area contributed by atoms with Gasteiger partial charge in [-0.15, -0.1) is 0 Å². The third kappa shape index (κ3) is 2.59. The second-order valence-electron chi connectivity index (χ2n) is 8.47. The highest BCUT2D eigenvalue weighted by Gasteiger charge is 2.37. The Bertz CT molecular complexity index is 479. The molecule has 0 heterocycles. The average molecular weight is 256 g/mol. The average Bonchev–Trinajstić information content (AvgIpc) is 2.25. The van der Waals surface area contributed by atoms with E-state index in [9.17, 15) is 0 Å². The van der Waals surface area contributed by atoms with Gasteiger partial charge >= 0.3 is 0 Å². The molecule has 104 valence electrons. The lowest BCUT2D eigenvalue weighted by Crippen LogP contribution is -2.31. The number of hydrogen-bond donors (Lipinski definition) is 0. The van der Waals surface area contributed by atoms with Crippen LogP contribution in [-0.4, -0.2) is 0 Å². The zero-order valence-corrected chi connectivity index (χ0v) is 13.1. The van der Waals surface area contributed by atoms with Crippen molar-refractivity contribution in [2.24, 2.45) is 10.8 Å². The van der Waals surface area contributed by atoms with Gasteiger partial charge in [-0.1, -0.05) is 45.9 Å². The molecule has 0 heteroatoms. The van der Waals surface area contributed by atoms with Gasteiger partial charge in [-0.25, -0.2) is 0 Å². The fourth-order valence-electron chi connectivity index (χ4n) is 5.06. The first-order valence-electron chi connectivity index (χ1n) is 7.97. The van der Waals surface area contributed by atoms with Gasteiger partial charge in [-0.2, -0.15) is 0 Å². The highest BCUT2D eigenvalue weighted by molar-refractivity contribution is 5.41. The maximum atomic E-state index is 2.48. The van der Waals surface area contributed by atoms with Crippen molar-refractivity contribution >= 4 is 0 Å². The second-order valence-corrected chi connectivity index (χ2v) is 8.47. The molecule has 0 radical (unpaired) electrons. The summed E-state index contributed by atoms with van der Waals surface area (Å²) in [5.74, 6) is 0.825. The molecule has 3 rings (SSSR count). The lowest BCUT2D eigenvalue weighted by atomic mass is 9.62. The Morgan fingerprint density at radius 1 is 1.00 bits per heavy atom. The summed E-state index contributed by atoms with van der Waals surface area (Å²) in [7, 11) is 0. The van der Waals surface area contributed by atoms with Crippen LogP contribution in [0.3, 0.4) is 0 Å². The predicted molar refractivity (Wildman–Crippen MR) is 82.6 cm³/mol. The number of hydrogen-bond acceptors (Lipinski definition) is 0. The number of rotatable bonds is 0. The van der Waals surface area contributed by atoms with E-state index in [2.05, 4.69) is 45.9 Å². The third-order valence-corrected chi connectivity index (χ3v) is 5.12. The van der Waals surface area contributed by atoms with E-state index in [0.29, 0.717) is 10.8 Å². The fourth-order valence-corrected chi connectivity index (χ4v) is 5.06. The summed E-state index contributed by atoms with van der Waals surface area (Å²) in [5, 5.41) is 0. The van der Waals surface area contributed by atoms with Crippen molar-refractivity contribution < 1.29 is 0 Å². The van der Waals surface area contributed by atoms with Crippen molar-refractivity contribution in [3.63, 3.8) is 0 Å². The maximum absolute atomic E-state index is 2.48. The van der Waals surface area contributed by atoms with Gasteiger partial charge in [0.1, 0.15) is 0 Å². The summed E-state index contributed by atoms with van der Waals surface area (Å²) >= 11 is 0. The highest BCUT2D eigenvalue weighted by Crippen LogP contribution is 2.49. The molecule has 0 fully saturated rings. The molecule has 0 aromatic heterocycles. The normalized spacial score (nSPS) is 28.1. The lowest BCUT2D eigenvalue weighted by Gasteiger charge is -2.43. The molecular weight excluding hydrogens is 228 g/mol. The molecule has 1 atom stereocenters. The lowest BCUT2D eigenvalue weighted by molar-refractivity contribution is 0.158. The maximum Gasteiger partial charge on any atom is -0.0151 e. The van der Waals surface area contributed by atoms with Crippen LogP contribution in [0.25, 0.3) is 0 Å². The standard InChI is InChI=1S/C19H28/c1-18(2)11-15-9-5-7-14-8-6-10-16(17(14)15)12-19(3,4)13-18/h5,7,9,16H,6,8,10-13H2,1-4H3. The van der Waals surface area contributed by atoms with Crippen LogP contribution in [0.4, 0.5) is 0 Å². The summed E-state index contributed by atoms with van der Waals surface area (Å²) in [4.78, 5) is 0. The Balaban J connectivity index is 2.11. The van der Waals surface area contributed by atoms with Crippen LogP contribution >= 0.6 is 0 Å². The van der Waals surface area contributed by atoms with Crippen molar-refractivity contribution in [1.82, 2.24) is 0 Å². The topological polar surface area (TPSA) is 0 Å². The summed E-state index contributed by atoms with van der Waals surface area (Å²) in [6.45, 7) is 9.88. The SMILES string of the molecule is CC1(C)Cc2cccc3c2C(CCC3)CC(C)(C)C1. The van der Waals surface area contributed by atoms with Gasteiger partial charge in [0, 0.05) is 0 Å². The van der Waals surface area contributed by atoms with Crippen LogP contribution in [0.2, 0.25) is 0 Å². The number of benzene rings is 1. The molecule has 0 saturated carbocycles. The Morgan fingerprint density at radius 2 is 1.74 bits per heavy atom. The predicted octanol–water partition coefficient (Wildman–Crippen LogP) is 5.50. The molecule has 0 spiro atoms. The second kappa shape index (κ2) is 4.36. The van der Waals surface area contributed by atoms with E-state index in [1.807, 2.05) is 0 Å². The minimum absolute atomic E-state index is 0.432. The van der Waals surface area contributed by atoms with Crippen molar-refractivity contribution in [1.29, 1.82) is 0 Å². The minimum atomic E-state index is 0.432. The fraction of sp³-hybridized carbons (Fsp3) is 0.684. The minimum Gasteiger partial charge on any atom is -0.0617 e. The van der Waals surface area contributed by atoms with Gasteiger partial charge in [0.25, 0.3) is 0 Å². The molecule has 0 amide bonds. The molecule has 0 aliphatic heterocycles. The Hall–Kier alpha value is -0.780. The van der Waals surface area contributed by atoms with Crippen LogP contribution in [0.1, 0.15) is 76.0 Å². The largest absolute Gasteiger partial charge is 0.0617 e. The zero-order chi connectivity index (χ0) is 13.7. The summed E-state index contributed by atoms with van der Waals surface area (Å²) in [5.41, 5.74) is 5.97. The molecule has 0 bridgehead atoms. The van der Waals surface area contributed by atoms with Gasteiger partial charge in [0.2, 0.25) is 0 Å². The van der Waals surface area contributed by atoms with E-state index in [-0.39, 0.29) is 0 Å². The van der Waals surface area contributed by atoms with Gasteiger partial charge in [-0.3, -0.25) is 0 Å². The highest BCUT2D eigenvalue weighted by atomic mass is 14.4. The molecule has 1 aromatic carbocycles. The molecule has 1 unspecified atom stereocenters. The first-order chi connectivity index (χ1) is 8.86. The van der Waals surface area contributed by atoms with E-state index in [0.717, 1.165) is 5.92 Å². The Morgan fingerprint density at radius 3 is 2.53 bits per heavy atom. The third-order valence-electron chi connectivity index (χ3n) is 5.12. The Labute approximate surface area is 118 Å². The zero-order valence-electron chi connectivity index (χ0n) is 13.1. The first kappa shape index (κ1) is 13.2. The van der Waals surface area contributed by atoms with E-state index in [4.69, 9.17) is 0 Å². The van der Waals surface area contributed by atoms with Crippen molar-refractivity contribution in [3.05, 3.63) is 34.9 Å². The monoisotopic (exact) mass is 256 g/mol. The van der Waals surface area contributed by atoms with Crippen LogP contribution in [0, 0.1) is 10.8 Å². The summed E-state index contributed by atoms with van der Waals surface area (Å²) < 4.78 is 0. The van der Waals surface area contributed by atoms with E-state index in [1.165, 1.54) is 38.5 Å². The summed E-state index contributed by atoms with van der Waals surface area (Å²) in [6, 6.07) is 7.07. The van der Waals surface area contributed by atoms with E-state index in [1.54, 1.807) is 16.7 Å². The van der Waals surface area contributed by atoms with Crippen LogP contribution < -0.4 is 0 Å². The van der Waals surface area contributed by atoms with Crippen LogP contribution in [0.5, 0.6) is 0 Å². The van der Waals surface area contributed by atoms with Crippen LogP contribution in [-0.2, 0) is 12.8 Å². The quantitative estimate of drug-likeness (QED) is 0.575. The smallest absolute Gasteiger partial charge is 0.0151 e. The molecule has 0 saturated heterocycles. The molecule has 0 N–H and O–H groups in total. The molecule has 1 aromatic rings. The molecular formula is C19H28. The van der Waals surface area contributed by atoms with Gasteiger partial charge < -0.3 is 0 Å². The van der Waals surface area contributed by atoms with Crippen molar-refractivity contribution in [3.8, 4) is 0 Å². The van der Waals surface area contributed by atoms with Gasteiger partial charge in [0.15, 0.2) is 0 Å². The van der Waals surface area contributed by atoms with E-state index < -0.39 is 0 Å². The van der Waals surface area contributed by atoms with Crippen LogP contribution in [0.15, 0.2) is 18.2 Å². The van der Waals surface area contributed by atoms with Crippen molar-refractivity contribution in [2.45, 2.75) is 72.1 Å². The molecule has 0 nitrogen and oxygen atoms in total. The Kier molecular flexibility index (Phi) is 3.04. The number of aryl methyl sites for hydroxylation is 1.